The minimum absolute atomic E-state index is 0.272. The first-order valence-electron chi connectivity index (χ1n) is 4.51. The van der Waals surface area contributed by atoms with Crippen molar-refractivity contribution in [1.82, 2.24) is 0 Å². The first-order valence-corrected chi connectivity index (χ1v) is 4.51. The van der Waals surface area contributed by atoms with Crippen LogP contribution in [0, 0.1) is 11.8 Å². The van der Waals surface area contributed by atoms with Crippen LogP contribution in [0.4, 0.5) is 0 Å². The summed E-state index contributed by atoms with van der Waals surface area (Å²) >= 11 is 0. The van der Waals surface area contributed by atoms with Gasteiger partial charge >= 0.3 is 0 Å². The predicted molar refractivity (Wildman–Crippen MR) is 44.2 cm³/mol. The molecule has 1 rings (SSSR count). The van der Waals surface area contributed by atoms with Crippen LogP contribution < -0.4 is 0 Å². The minimum Gasteiger partial charge on any atom is -0.393 e. The Labute approximate surface area is 68.2 Å². The van der Waals surface area contributed by atoms with Crippen LogP contribution in [0.5, 0.6) is 0 Å². The molecule has 2 nitrogen and oxygen atoms in total. The lowest BCUT2D eigenvalue weighted by Gasteiger charge is -2.34. The normalized spacial score (nSPS) is 45.8. The van der Waals surface area contributed by atoms with Crippen molar-refractivity contribution < 1.29 is 10.2 Å². The Morgan fingerprint density at radius 3 is 2.36 bits per heavy atom. The van der Waals surface area contributed by atoms with Gasteiger partial charge in [0.2, 0.25) is 0 Å². The van der Waals surface area contributed by atoms with Gasteiger partial charge in [-0.2, -0.15) is 0 Å². The van der Waals surface area contributed by atoms with Crippen molar-refractivity contribution in [1.29, 1.82) is 0 Å². The second-order valence-corrected chi connectivity index (χ2v) is 3.75. The fraction of sp³-hybridized carbons (Fsp3) is 1.00. The van der Waals surface area contributed by atoms with E-state index < -0.39 is 0 Å². The quantitative estimate of drug-likeness (QED) is 0.601. The fourth-order valence-electron chi connectivity index (χ4n) is 1.90. The van der Waals surface area contributed by atoms with Crippen LogP contribution in [0.3, 0.4) is 0 Å². The number of aliphatic hydroxyl groups is 2. The Morgan fingerprint density at radius 2 is 1.82 bits per heavy atom. The van der Waals surface area contributed by atoms with E-state index in [1.165, 1.54) is 0 Å². The maximum absolute atomic E-state index is 9.50. The van der Waals surface area contributed by atoms with Gasteiger partial charge in [-0.3, -0.25) is 0 Å². The van der Waals surface area contributed by atoms with E-state index >= 15 is 0 Å². The van der Waals surface area contributed by atoms with Crippen molar-refractivity contribution in [3.05, 3.63) is 0 Å². The zero-order valence-corrected chi connectivity index (χ0v) is 7.33. The van der Waals surface area contributed by atoms with Gasteiger partial charge < -0.3 is 10.2 Å². The standard InChI is InChI=1S/C9H18O2/c1-3-7-4-6(2)8(10)5-9(7)11/h6-11H,3-5H2,1-2H3. The molecule has 66 valence electrons. The highest BCUT2D eigenvalue weighted by Crippen LogP contribution is 2.31. The summed E-state index contributed by atoms with van der Waals surface area (Å²) in [5.41, 5.74) is 0. The second kappa shape index (κ2) is 3.55. The lowest BCUT2D eigenvalue weighted by molar-refractivity contribution is -0.0302. The molecule has 0 amide bonds. The monoisotopic (exact) mass is 158 g/mol. The van der Waals surface area contributed by atoms with Gasteiger partial charge in [-0.05, 0) is 24.7 Å². The predicted octanol–water partition coefficient (Wildman–Crippen LogP) is 1.16. The fourth-order valence-corrected chi connectivity index (χ4v) is 1.90. The number of aliphatic hydroxyl groups excluding tert-OH is 2. The molecule has 4 unspecified atom stereocenters. The van der Waals surface area contributed by atoms with Gasteiger partial charge in [0.15, 0.2) is 0 Å². The van der Waals surface area contributed by atoms with Crippen molar-refractivity contribution in [3.8, 4) is 0 Å². The molecule has 0 aromatic heterocycles. The van der Waals surface area contributed by atoms with Crippen LogP contribution in [0.2, 0.25) is 0 Å². The summed E-state index contributed by atoms with van der Waals surface area (Å²) < 4.78 is 0. The molecule has 2 heteroatoms. The third-order valence-electron chi connectivity index (χ3n) is 2.88. The van der Waals surface area contributed by atoms with Crippen molar-refractivity contribution in [2.75, 3.05) is 0 Å². The highest BCUT2D eigenvalue weighted by Gasteiger charge is 2.31. The molecule has 1 aliphatic rings. The molecule has 0 spiro atoms. The maximum Gasteiger partial charge on any atom is 0.0593 e. The molecule has 0 saturated heterocycles. The summed E-state index contributed by atoms with van der Waals surface area (Å²) in [6.07, 6.45) is 2.01. The van der Waals surface area contributed by atoms with Gasteiger partial charge in [-0.15, -0.1) is 0 Å². The van der Waals surface area contributed by atoms with Crippen LogP contribution in [-0.4, -0.2) is 22.4 Å². The molecule has 2 N–H and O–H groups in total. The average molecular weight is 158 g/mol. The van der Waals surface area contributed by atoms with Gasteiger partial charge in [0.05, 0.1) is 12.2 Å². The van der Waals surface area contributed by atoms with E-state index in [2.05, 4.69) is 13.8 Å². The van der Waals surface area contributed by atoms with Crippen molar-refractivity contribution >= 4 is 0 Å². The van der Waals surface area contributed by atoms with Crippen LogP contribution >= 0.6 is 0 Å². The van der Waals surface area contributed by atoms with Gasteiger partial charge in [-0.1, -0.05) is 20.3 Å². The number of hydrogen-bond donors (Lipinski definition) is 2. The third-order valence-corrected chi connectivity index (χ3v) is 2.88. The van der Waals surface area contributed by atoms with Crippen molar-refractivity contribution in [2.45, 2.75) is 45.3 Å². The summed E-state index contributed by atoms with van der Waals surface area (Å²) in [5.74, 6) is 0.775. The summed E-state index contributed by atoms with van der Waals surface area (Å²) in [6, 6.07) is 0. The van der Waals surface area contributed by atoms with Gasteiger partial charge in [0.25, 0.3) is 0 Å². The molecular formula is C9H18O2. The van der Waals surface area contributed by atoms with Crippen LogP contribution in [0.25, 0.3) is 0 Å². The van der Waals surface area contributed by atoms with Crippen molar-refractivity contribution in [2.24, 2.45) is 11.8 Å². The lowest BCUT2D eigenvalue weighted by Crippen LogP contribution is -2.36. The van der Waals surface area contributed by atoms with Crippen LogP contribution in [0.1, 0.15) is 33.1 Å². The molecule has 0 bridgehead atoms. The average Bonchev–Trinajstić information content (AvgIpc) is 1.97. The molecule has 1 fully saturated rings. The summed E-state index contributed by atoms with van der Waals surface area (Å²) in [6.45, 7) is 4.15. The van der Waals surface area contributed by atoms with Gasteiger partial charge in [-0.25, -0.2) is 0 Å². The zero-order chi connectivity index (χ0) is 8.43. The minimum atomic E-state index is -0.284. The molecular weight excluding hydrogens is 140 g/mol. The zero-order valence-electron chi connectivity index (χ0n) is 7.33. The smallest absolute Gasteiger partial charge is 0.0593 e. The molecule has 4 atom stereocenters. The van der Waals surface area contributed by atoms with E-state index in [0.29, 0.717) is 18.3 Å². The van der Waals surface area contributed by atoms with Gasteiger partial charge in [0.1, 0.15) is 0 Å². The summed E-state index contributed by atoms with van der Waals surface area (Å²) in [7, 11) is 0. The van der Waals surface area contributed by atoms with E-state index in [1.54, 1.807) is 0 Å². The van der Waals surface area contributed by atoms with E-state index in [4.69, 9.17) is 0 Å². The molecule has 0 heterocycles. The number of rotatable bonds is 1. The molecule has 0 aromatic rings. The topological polar surface area (TPSA) is 40.5 Å². The molecule has 0 radical (unpaired) electrons. The molecule has 0 aromatic carbocycles. The van der Waals surface area contributed by atoms with Crippen molar-refractivity contribution in [3.63, 3.8) is 0 Å². The number of hydrogen-bond acceptors (Lipinski definition) is 2. The van der Waals surface area contributed by atoms with E-state index in [9.17, 15) is 10.2 Å². The highest BCUT2D eigenvalue weighted by atomic mass is 16.3. The van der Waals surface area contributed by atoms with E-state index in [0.717, 1.165) is 12.8 Å². The Morgan fingerprint density at radius 1 is 1.18 bits per heavy atom. The Bertz CT molecular complexity index is 125. The maximum atomic E-state index is 9.50. The van der Waals surface area contributed by atoms with Crippen LogP contribution in [-0.2, 0) is 0 Å². The molecule has 11 heavy (non-hydrogen) atoms. The first-order chi connectivity index (χ1) is 5.15. The Balaban J connectivity index is 2.48. The summed E-state index contributed by atoms with van der Waals surface area (Å²) in [4.78, 5) is 0. The Hall–Kier alpha value is -0.0800. The Kier molecular flexibility index (Phi) is 2.90. The molecule has 0 aliphatic heterocycles. The molecule has 1 saturated carbocycles. The first kappa shape index (κ1) is 9.01. The second-order valence-electron chi connectivity index (χ2n) is 3.75. The van der Waals surface area contributed by atoms with Gasteiger partial charge in [0, 0.05) is 0 Å². The SMILES string of the molecule is CCC1CC(C)C(O)CC1O. The van der Waals surface area contributed by atoms with Crippen LogP contribution in [0.15, 0.2) is 0 Å². The lowest BCUT2D eigenvalue weighted by atomic mass is 9.77. The third kappa shape index (κ3) is 1.94. The van der Waals surface area contributed by atoms with E-state index in [1.807, 2.05) is 0 Å². The van der Waals surface area contributed by atoms with E-state index in [-0.39, 0.29) is 12.2 Å². The molecule has 1 aliphatic carbocycles. The highest BCUT2D eigenvalue weighted by molar-refractivity contribution is 4.82. The largest absolute Gasteiger partial charge is 0.393 e. The summed E-state index contributed by atoms with van der Waals surface area (Å²) in [5, 5.41) is 18.9.